The van der Waals surface area contributed by atoms with Crippen molar-refractivity contribution in [1.29, 1.82) is 0 Å². The van der Waals surface area contributed by atoms with Crippen molar-refractivity contribution in [1.82, 2.24) is 10.2 Å². The third kappa shape index (κ3) is 4.50. The highest BCUT2D eigenvalue weighted by Gasteiger charge is 2.43. The minimum atomic E-state index is -1.24. The lowest BCUT2D eigenvalue weighted by atomic mass is 9.90. The molecule has 0 bridgehead atoms. The van der Waals surface area contributed by atoms with Gasteiger partial charge in [0.2, 0.25) is 5.91 Å². The molecule has 0 saturated carbocycles. The summed E-state index contributed by atoms with van der Waals surface area (Å²) in [6, 6.07) is 16.3. The maximum atomic E-state index is 12.8. The molecule has 2 aromatic carbocycles. The number of carboxylic acids is 1. The number of piperidine rings is 1. The molecule has 0 radical (unpaired) electrons. The number of ether oxygens (including phenoxy) is 2. The van der Waals surface area contributed by atoms with Gasteiger partial charge >= 0.3 is 12.1 Å². The molecule has 8 heteroatoms. The molecule has 0 aromatic heterocycles. The number of carboxylic acid groups (broad SMARTS) is 1. The molecule has 2 aromatic rings. The topological polar surface area (TPSA) is 105 Å². The van der Waals surface area contributed by atoms with Gasteiger partial charge in [-0.3, -0.25) is 4.79 Å². The summed E-state index contributed by atoms with van der Waals surface area (Å²) >= 11 is 0. The van der Waals surface area contributed by atoms with E-state index in [0.29, 0.717) is 13.1 Å². The largest absolute Gasteiger partial charge is 0.479 e. The summed E-state index contributed by atoms with van der Waals surface area (Å²) in [4.78, 5) is 38.3. The predicted molar refractivity (Wildman–Crippen MR) is 125 cm³/mol. The van der Waals surface area contributed by atoms with E-state index < -0.39 is 23.6 Å². The summed E-state index contributed by atoms with van der Waals surface area (Å²) in [5.74, 6) is -1.62. The van der Waals surface area contributed by atoms with Gasteiger partial charge in [-0.05, 0) is 22.3 Å². The fourth-order valence-corrected chi connectivity index (χ4v) is 4.88. The number of benzene rings is 2. The van der Waals surface area contributed by atoms with E-state index in [1.165, 1.54) is 7.11 Å². The number of amides is 2. The van der Waals surface area contributed by atoms with E-state index in [1.54, 1.807) is 11.8 Å². The second-order valence-electron chi connectivity index (χ2n) is 8.94. The number of carbonyl (C=O) groups is 3. The number of nitrogens with zero attached hydrogens (tertiary/aromatic N) is 1. The molecule has 1 unspecified atom stereocenters. The van der Waals surface area contributed by atoms with E-state index in [9.17, 15) is 19.5 Å². The Labute approximate surface area is 198 Å². The third-order valence-electron chi connectivity index (χ3n) is 6.98. The molecule has 1 saturated heterocycles. The first-order chi connectivity index (χ1) is 16.4. The number of rotatable bonds is 7. The van der Waals surface area contributed by atoms with Crippen molar-refractivity contribution in [2.45, 2.75) is 31.3 Å². The van der Waals surface area contributed by atoms with Crippen molar-refractivity contribution in [2.75, 3.05) is 33.4 Å². The number of likely N-dealkylation sites (tertiary alicyclic amines) is 1. The molecule has 1 aliphatic heterocycles. The number of nitrogens with one attached hydrogen (secondary N) is 1. The zero-order valence-electron chi connectivity index (χ0n) is 19.5. The molecule has 180 valence electrons. The minimum absolute atomic E-state index is 0.0270. The van der Waals surface area contributed by atoms with Crippen LogP contribution in [0.15, 0.2) is 48.5 Å². The summed E-state index contributed by atoms with van der Waals surface area (Å²) < 4.78 is 10.7. The van der Waals surface area contributed by atoms with Gasteiger partial charge in [0.25, 0.3) is 0 Å². The standard InChI is InChI=1S/C26H30N2O6/c1-17(23(29)28-13-11-26(33-2,12-14-28)24(30)31)15-27-25(32)34-16-22-20-9-5-3-7-18(20)19-8-4-6-10-21(19)22/h3-10,17,22H,11-16H2,1-2H3,(H,27,32)(H,30,31). The quantitative estimate of drug-likeness (QED) is 0.649. The first kappa shape index (κ1) is 23.8. The SMILES string of the molecule is COC1(C(=O)O)CCN(C(=O)C(C)CNC(=O)OCC2c3ccccc3-c3ccccc32)CC1. The zero-order chi connectivity index (χ0) is 24.3. The fourth-order valence-electron chi connectivity index (χ4n) is 4.88. The second-order valence-corrected chi connectivity index (χ2v) is 8.94. The van der Waals surface area contributed by atoms with Gasteiger partial charge in [0, 0.05) is 45.5 Å². The Morgan fingerprint density at radius 2 is 1.62 bits per heavy atom. The second kappa shape index (κ2) is 9.85. The summed E-state index contributed by atoms with van der Waals surface area (Å²) in [6.45, 7) is 2.69. The molecule has 1 aliphatic carbocycles. The summed E-state index contributed by atoms with van der Waals surface area (Å²) in [5, 5.41) is 12.1. The molecule has 2 aliphatic rings. The number of aliphatic carboxylic acids is 1. The lowest BCUT2D eigenvalue weighted by Crippen LogP contribution is -2.53. The highest BCUT2D eigenvalue weighted by atomic mass is 16.5. The van der Waals surface area contributed by atoms with Crippen LogP contribution in [-0.4, -0.2) is 66.9 Å². The molecule has 1 atom stereocenters. The lowest BCUT2D eigenvalue weighted by Gasteiger charge is -2.38. The van der Waals surface area contributed by atoms with Gasteiger partial charge in [-0.25, -0.2) is 9.59 Å². The Bertz CT molecular complexity index is 1030. The van der Waals surface area contributed by atoms with Gasteiger partial charge in [0.05, 0.1) is 5.92 Å². The van der Waals surface area contributed by atoms with Crippen LogP contribution in [0.25, 0.3) is 11.1 Å². The summed E-state index contributed by atoms with van der Waals surface area (Å²) in [6.07, 6.45) is -0.0989. The monoisotopic (exact) mass is 466 g/mol. The van der Waals surface area contributed by atoms with Crippen LogP contribution >= 0.6 is 0 Å². The molecule has 2 N–H and O–H groups in total. The van der Waals surface area contributed by atoms with Gasteiger partial charge < -0.3 is 24.8 Å². The minimum Gasteiger partial charge on any atom is -0.479 e. The predicted octanol–water partition coefficient (Wildman–Crippen LogP) is 3.25. The van der Waals surface area contributed by atoms with Crippen LogP contribution in [0.4, 0.5) is 4.79 Å². The third-order valence-corrected chi connectivity index (χ3v) is 6.98. The molecular weight excluding hydrogens is 436 g/mol. The Balaban J connectivity index is 1.27. The van der Waals surface area contributed by atoms with Crippen molar-refractivity contribution < 1.29 is 29.0 Å². The van der Waals surface area contributed by atoms with Gasteiger partial charge in [-0.2, -0.15) is 0 Å². The van der Waals surface area contributed by atoms with Crippen molar-refractivity contribution >= 4 is 18.0 Å². The Morgan fingerprint density at radius 1 is 1.06 bits per heavy atom. The van der Waals surface area contributed by atoms with E-state index in [1.807, 2.05) is 24.3 Å². The van der Waals surface area contributed by atoms with Gasteiger partial charge in [0.1, 0.15) is 6.61 Å². The van der Waals surface area contributed by atoms with Crippen molar-refractivity contribution in [3.63, 3.8) is 0 Å². The number of hydrogen-bond acceptors (Lipinski definition) is 5. The maximum absolute atomic E-state index is 12.8. The van der Waals surface area contributed by atoms with Crippen molar-refractivity contribution in [3.8, 4) is 11.1 Å². The molecule has 0 spiro atoms. The molecule has 1 fully saturated rings. The van der Waals surface area contributed by atoms with Crippen LogP contribution in [0.3, 0.4) is 0 Å². The molecule has 8 nitrogen and oxygen atoms in total. The van der Waals surface area contributed by atoms with E-state index >= 15 is 0 Å². The number of fused-ring (bicyclic) bond motifs is 3. The fraction of sp³-hybridized carbons (Fsp3) is 0.423. The number of carbonyl (C=O) groups excluding carboxylic acids is 2. The van der Waals surface area contributed by atoms with Crippen LogP contribution in [0.1, 0.15) is 36.8 Å². The molecular formula is C26H30N2O6. The number of methoxy groups -OCH3 is 1. The lowest BCUT2D eigenvalue weighted by molar-refractivity contribution is -0.170. The van der Waals surface area contributed by atoms with E-state index in [0.717, 1.165) is 22.3 Å². The molecule has 34 heavy (non-hydrogen) atoms. The first-order valence-electron chi connectivity index (χ1n) is 11.5. The Hall–Kier alpha value is -3.39. The average molecular weight is 467 g/mol. The van der Waals surface area contributed by atoms with Gasteiger partial charge in [-0.15, -0.1) is 0 Å². The van der Waals surface area contributed by atoms with Gasteiger partial charge in [-0.1, -0.05) is 55.5 Å². The highest BCUT2D eigenvalue weighted by molar-refractivity contribution is 5.82. The molecule has 2 amide bonds. The van der Waals surface area contributed by atoms with Crippen LogP contribution in [0, 0.1) is 5.92 Å². The molecule has 4 rings (SSSR count). The normalized spacial score (nSPS) is 17.4. The van der Waals surface area contributed by atoms with Crippen LogP contribution in [0.2, 0.25) is 0 Å². The van der Waals surface area contributed by atoms with Gasteiger partial charge in [0.15, 0.2) is 5.60 Å². The Morgan fingerprint density at radius 3 is 2.15 bits per heavy atom. The number of hydrogen-bond donors (Lipinski definition) is 2. The average Bonchev–Trinajstić information content (AvgIpc) is 3.19. The maximum Gasteiger partial charge on any atom is 0.407 e. The van der Waals surface area contributed by atoms with E-state index in [2.05, 4.69) is 29.6 Å². The first-order valence-corrected chi connectivity index (χ1v) is 11.5. The highest BCUT2D eigenvalue weighted by Crippen LogP contribution is 2.44. The molecule has 1 heterocycles. The smallest absolute Gasteiger partial charge is 0.407 e. The van der Waals surface area contributed by atoms with Crippen LogP contribution in [0.5, 0.6) is 0 Å². The van der Waals surface area contributed by atoms with Crippen molar-refractivity contribution in [3.05, 3.63) is 59.7 Å². The summed E-state index contributed by atoms with van der Waals surface area (Å²) in [5.41, 5.74) is 3.36. The van der Waals surface area contributed by atoms with Crippen LogP contribution in [-0.2, 0) is 19.1 Å². The van der Waals surface area contributed by atoms with E-state index in [4.69, 9.17) is 9.47 Å². The summed E-state index contributed by atoms with van der Waals surface area (Å²) in [7, 11) is 1.38. The van der Waals surface area contributed by atoms with Crippen LogP contribution < -0.4 is 5.32 Å². The number of alkyl carbamates (subject to hydrolysis) is 1. The Kier molecular flexibility index (Phi) is 6.88. The van der Waals surface area contributed by atoms with E-state index in [-0.39, 0.29) is 37.8 Å². The zero-order valence-corrected chi connectivity index (χ0v) is 19.5. The van der Waals surface area contributed by atoms with Crippen molar-refractivity contribution in [2.24, 2.45) is 5.92 Å².